The maximum Gasteiger partial charge on any atom is 0.230 e. The lowest BCUT2D eigenvalue weighted by atomic mass is 9.63. The predicted octanol–water partition coefficient (Wildman–Crippen LogP) is 3.17. The summed E-state index contributed by atoms with van der Waals surface area (Å²) in [5.74, 6) is 0.707. The number of hydrogen-bond donors (Lipinski definition) is 2. The lowest BCUT2D eigenvalue weighted by Gasteiger charge is -2.41. The Labute approximate surface area is 141 Å². The molecule has 1 aliphatic heterocycles. The average molecular weight is 350 g/mol. The molecule has 1 aromatic rings. The molecule has 0 unspecified atom stereocenters. The van der Waals surface area contributed by atoms with Crippen LogP contribution >= 0.6 is 35.6 Å². The van der Waals surface area contributed by atoms with Gasteiger partial charge in [-0.2, -0.15) is 0 Å². The molecule has 1 aromatic carbocycles. The molecule has 2 fully saturated rings. The highest BCUT2D eigenvalue weighted by atomic mass is 35.5. The molecule has 1 aliphatic carbocycles. The maximum atomic E-state index is 12.6. The van der Waals surface area contributed by atoms with Crippen molar-refractivity contribution >= 4 is 41.5 Å². The maximum absolute atomic E-state index is 12.6. The highest BCUT2D eigenvalue weighted by Gasteiger charge is 2.45. The van der Waals surface area contributed by atoms with Crippen LogP contribution in [0.2, 0.25) is 10.0 Å². The third-order valence-electron chi connectivity index (χ3n) is 4.53. The summed E-state index contributed by atoms with van der Waals surface area (Å²) >= 11 is 12.1. The van der Waals surface area contributed by atoms with Crippen molar-refractivity contribution in [3.05, 3.63) is 33.8 Å². The van der Waals surface area contributed by atoms with Gasteiger partial charge >= 0.3 is 0 Å². The first-order chi connectivity index (χ1) is 9.62. The van der Waals surface area contributed by atoms with E-state index in [9.17, 15) is 4.79 Å². The molecule has 6 heteroatoms. The lowest BCUT2D eigenvalue weighted by Crippen LogP contribution is -2.54. The summed E-state index contributed by atoms with van der Waals surface area (Å²) in [6.07, 6.45) is 2.86. The fourth-order valence-corrected chi connectivity index (χ4v) is 3.17. The Morgan fingerprint density at radius 2 is 2.00 bits per heavy atom. The zero-order valence-electron chi connectivity index (χ0n) is 11.6. The predicted molar refractivity (Wildman–Crippen MR) is 88.6 cm³/mol. The monoisotopic (exact) mass is 348 g/mol. The largest absolute Gasteiger partial charge is 0.355 e. The highest BCUT2D eigenvalue weighted by Crippen LogP contribution is 2.45. The number of halogens is 3. The minimum absolute atomic E-state index is 0. The van der Waals surface area contributed by atoms with E-state index < -0.39 is 5.41 Å². The third kappa shape index (κ3) is 3.16. The van der Waals surface area contributed by atoms with Gasteiger partial charge in [-0.25, -0.2) is 0 Å². The SMILES string of the molecule is Cl.O=C(NCC1CNC1)C1(c2ccc(Cl)c(Cl)c2)CCC1. The molecule has 0 atom stereocenters. The van der Waals surface area contributed by atoms with E-state index in [-0.39, 0.29) is 18.3 Å². The lowest BCUT2D eigenvalue weighted by molar-refractivity contribution is -0.130. The Hall–Kier alpha value is -0.480. The van der Waals surface area contributed by atoms with Crippen molar-refractivity contribution < 1.29 is 4.79 Å². The van der Waals surface area contributed by atoms with E-state index in [0.717, 1.165) is 44.5 Å². The van der Waals surface area contributed by atoms with E-state index >= 15 is 0 Å². The van der Waals surface area contributed by atoms with Crippen LogP contribution in [0.3, 0.4) is 0 Å². The van der Waals surface area contributed by atoms with Gasteiger partial charge < -0.3 is 10.6 Å². The van der Waals surface area contributed by atoms with E-state index in [1.165, 1.54) is 0 Å². The second-order valence-electron chi connectivity index (χ2n) is 5.80. The molecule has 1 amide bonds. The molecule has 2 aliphatic rings. The molecule has 1 saturated heterocycles. The molecular weight excluding hydrogens is 331 g/mol. The molecule has 0 spiro atoms. The highest BCUT2D eigenvalue weighted by molar-refractivity contribution is 6.42. The zero-order valence-corrected chi connectivity index (χ0v) is 14.0. The zero-order chi connectivity index (χ0) is 14.2. The first kappa shape index (κ1) is 16.9. The summed E-state index contributed by atoms with van der Waals surface area (Å²) in [4.78, 5) is 12.6. The van der Waals surface area contributed by atoms with E-state index in [1.54, 1.807) is 6.07 Å². The molecule has 116 valence electrons. The molecule has 0 radical (unpaired) electrons. The van der Waals surface area contributed by atoms with Crippen LogP contribution in [0.25, 0.3) is 0 Å². The molecule has 2 N–H and O–H groups in total. The van der Waals surface area contributed by atoms with Gasteiger partial charge in [0.05, 0.1) is 15.5 Å². The minimum Gasteiger partial charge on any atom is -0.355 e. The summed E-state index contributed by atoms with van der Waals surface area (Å²) in [6.45, 7) is 2.76. The normalized spacial score (nSPS) is 19.9. The fourth-order valence-electron chi connectivity index (χ4n) is 2.87. The van der Waals surface area contributed by atoms with Crippen molar-refractivity contribution in [1.82, 2.24) is 10.6 Å². The quantitative estimate of drug-likeness (QED) is 0.876. The Morgan fingerprint density at radius 3 is 2.48 bits per heavy atom. The summed E-state index contributed by atoms with van der Waals surface area (Å²) < 4.78 is 0. The van der Waals surface area contributed by atoms with Crippen molar-refractivity contribution in [1.29, 1.82) is 0 Å². The van der Waals surface area contributed by atoms with Gasteiger partial charge in [-0.1, -0.05) is 35.7 Å². The van der Waals surface area contributed by atoms with Crippen molar-refractivity contribution in [3.8, 4) is 0 Å². The number of carbonyl (C=O) groups is 1. The number of nitrogens with one attached hydrogen (secondary N) is 2. The third-order valence-corrected chi connectivity index (χ3v) is 5.27. The van der Waals surface area contributed by atoms with Gasteiger partial charge in [-0.15, -0.1) is 12.4 Å². The van der Waals surface area contributed by atoms with E-state index in [2.05, 4.69) is 10.6 Å². The smallest absolute Gasteiger partial charge is 0.230 e. The van der Waals surface area contributed by atoms with Crippen LogP contribution < -0.4 is 10.6 Å². The molecule has 3 nitrogen and oxygen atoms in total. The minimum atomic E-state index is -0.397. The Morgan fingerprint density at radius 1 is 1.29 bits per heavy atom. The Bertz CT molecular complexity index is 528. The summed E-state index contributed by atoms with van der Waals surface area (Å²) in [6, 6.07) is 5.55. The number of rotatable bonds is 4. The first-order valence-electron chi connectivity index (χ1n) is 7.06. The van der Waals surface area contributed by atoms with E-state index in [4.69, 9.17) is 23.2 Å². The molecular formula is C15H19Cl3N2O. The van der Waals surface area contributed by atoms with Crippen LogP contribution in [0.1, 0.15) is 24.8 Å². The van der Waals surface area contributed by atoms with Gasteiger partial charge in [0.2, 0.25) is 5.91 Å². The van der Waals surface area contributed by atoms with Gasteiger partial charge in [0, 0.05) is 25.6 Å². The van der Waals surface area contributed by atoms with Crippen molar-refractivity contribution in [2.45, 2.75) is 24.7 Å². The van der Waals surface area contributed by atoms with Crippen LogP contribution in [0, 0.1) is 5.92 Å². The van der Waals surface area contributed by atoms with Crippen LogP contribution in [-0.2, 0) is 10.2 Å². The number of benzene rings is 1. The molecule has 1 saturated carbocycles. The molecule has 21 heavy (non-hydrogen) atoms. The van der Waals surface area contributed by atoms with Crippen LogP contribution in [0.15, 0.2) is 18.2 Å². The second kappa shape index (κ2) is 6.74. The average Bonchev–Trinajstić information content (AvgIpc) is 2.30. The Kier molecular flexibility index (Phi) is 5.42. The Balaban J connectivity index is 0.00000161. The van der Waals surface area contributed by atoms with Gasteiger partial charge in [-0.3, -0.25) is 4.79 Å². The van der Waals surface area contributed by atoms with Crippen molar-refractivity contribution in [3.63, 3.8) is 0 Å². The standard InChI is InChI=1S/C15H18Cl2N2O.ClH/c16-12-3-2-11(6-13(12)17)15(4-1-5-15)14(20)19-9-10-7-18-8-10;/h2-3,6,10,18H,1,4-5,7-9H2,(H,19,20);1H. The fraction of sp³-hybridized carbons (Fsp3) is 0.533. The van der Waals surface area contributed by atoms with Gasteiger partial charge in [0.15, 0.2) is 0 Å². The van der Waals surface area contributed by atoms with Crippen LogP contribution in [0.4, 0.5) is 0 Å². The van der Waals surface area contributed by atoms with Gasteiger partial charge in [-0.05, 0) is 30.5 Å². The molecule has 3 rings (SSSR count). The number of hydrogen-bond acceptors (Lipinski definition) is 2. The van der Waals surface area contributed by atoms with Crippen LogP contribution in [0.5, 0.6) is 0 Å². The topological polar surface area (TPSA) is 41.1 Å². The summed E-state index contributed by atoms with van der Waals surface area (Å²) in [5.41, 5.74) is 0.591. The molecule has 0 bridgehead atoms. The van der Waals surface area contributed by atoms with Gasteiger partial charge in [0.25, 0.3) is 0 Å². The van der Waals surface area contributed by atoms with Crippen molar-refractivity contribution in [2.75, 3.05) is 19.6 Å². The second-order valence-corrected chi connectivity index (χ2v) is 6.61. The van der Waals surface area contributed by atoms with E-state index in [1.807, 2.05) is 12.1 Å². The first-order valence-corrected chi connectivity index (χ1v) is 7.82. The van der Waals surface area contributed by atoms with E-state index in [0.29, 0.717) is 16.0 Å². The summed E-state index contributed by atoms with van der Waals surface area (Å²) in [5, 5.41) is 7.37. The van der Waals surface area contributed by atoms with Crippen LogP contribution in [-0.4, -0.2) is 25.5 Å². The van der Waals surface area contributed by atoms with Gasteiger partial charge in [0.1, 0.15) is 0 Å². The number of carbonyl (C=O) groups excluding carboxylic acids is 1. The molecule has 0 aromatic heterocycles. The summed E-state index contributed by atoms with van der Waals surface area (Å²) in [7, 11) is 0. The van der Waals surface area contributed by atoms with Crippen molar-refractivity contribution in [2.24, 2.45) is 5.92 Å². The number of amides is 1. The molecule has 1 heterocycles.